The average molecular weight is 314 g/mol. The molecular formula is C15H22O7. The van der Waals surface area contributed by atoms with E-state index in [1.165, 1.54) is 20.8 Å². The summed E-state index contributed by atoms with van der Waals surface area (Å²) in [7, 11) is 0. The molecule has 0 rings (SSSR count). The Morgan fingerprint density at radius 3 is 1.18 bits per heavy atom. The topological polar surface area (TPSA) is 123 Å². The lowest BCUT2D eigenvalue weighted by molar-refractivity contribution is -0.150. The van der Waals surface area contributed by atoms with Gasteiger partial charge in [-0.1, -0.05) is 6.92 Å². The third-order valence-corrected chi connectivity index (χ3v) is 2.69. The summed E-state index contributed by atoms with van der Waals surface area (Å²) in [6, 6.07) is 0. The maximum Gasteiger partial charge on any atom is 0.321 e. The van der Waals surface area contributed by atoms with Crippen molar-refractivity contribution in [1.82, 2.24) is 0 Å². The molecule has 0 bridgehead atoms. The van der Waals surface area contributed by atoms with E-state index in [0.717, 1.165) is 6.92 Å². The van der Waals surface area contributed by atoms with E-state index in [9.17, 15) is 28.8 Å². The quantitative estimate of drug-likeness (QED) is 0.663. The summed E-state index contributed by atoms with van der Waals surface area (Å²) in [5.41, 5.74) is 0. The van der Waals surface area contributed by atoms with Gasteiger partial charge in [0, 0.05) is 6.42 Å². The summed E-state index contributed by atoms with van der Waals surface area (Å²) in [6.45, 7) is 6.61. The fraction of sp³-hybridized carbons (Fsp3) is 0.600. The van der Waals surface area contributed by atoms with Gasteiger partial charge in [-0.15, -0.1) is 0 Å². The predicted octanol–water partition coefficient (Wildman–Crippen LogP) is 1.02. The summed E-state index contributed by atoms with van der Waals surface area (Å²) < 4.78 is 0. The molecule has 0 aliphatic carbocycles. The van der Waals surface area contributed by atoms with Crippen LogP contribution < -0.4 is 0 Å². The van der Waals surface area contributed by atoms with Gasteiger partial charge in [-0.3, -0.25) is 28.8 Å². The number of carboxylic acids is 1. The van der Waals surface area contributed by atoms with Crippen LogP contribution >= 0.6 is 0 Å². The van der Waals surface area contributed by atoms with Gasteiger partial charge < -0.3 is 5.11 Å². The molecule has 0 aliphatic heterocycles. The van der Waals surface area contributed by atoms with Gasteiger partial charge in [0.2, 0.25) is 0 Å². The zero-order valence-corrected chi connectivity index (χ0v) is 13.5. The van der Waals surface area contributed by atoms with Crippen molar-refractivity contribution in [2.45, 2.75) is 47.5 Å². The molecule has 1 atom stereocenters. The lowest BCUT2D eigenvalue weighted by Gasteiger charge is -2.05. The molecule has 7 nitrogen and oxygen atoms in total. The van der Waals surface area contributed by atoms with Crippen LogP contribution in [0.4, 0.5) is 0 Å². The average Bonchev–Trinajstić information content (AvgIpc) is 2.26. The van der Waals surface area contributed by atoms with Crippen molar-refractivity contribution in [3.05, 3.63) is 0 Å². The molecule has 7 heteroatoms. The van der Waals surface area contributed by atoms with Crippen LogP contribution in [-0.4, -0.2) is 40.0 Å². The normalized spacial score (nSPS) is 11.0. The van der Waals surface area contributed by atoms with Gasteiger partial charge >= 0.3 is 5.97 Å². The summed E-state index contributed by atoms with van der Waals surface area (Å²) >= 11 is 0. The zero-order chi connectivity index (χ0) is 18.0. The maximum absolute atomic E-state index is 11.0. The van der Waals surface area contributed by atoms with Crippen molar-refractivity contribution in [2.75, 3.05) is 0 Å². The molecule has 0 fully saturated rings. The highest BCUT2D eigenvalue weighted by atomic mass is 16.4. The summed E-state index contributed by atoms with van der Waals surface area (Å²) in [5.74, 6) is -6.05. The molecule has 0 radical (unpaired) electrons. The lowest BCUT2D eigenvalue weighted by atomic mass is 9.97. The first-order chi connectivity index (χ1) is 9.97. The number of carbonyl (C=O) groups excluding carboxylic acids is 5. The van der Waals surface area contributed by atoms with Crippen LogP contribution in [0.1, 0.15) is 47.5 Å². The number of aliphatic carboxylic acids is 1. The van der Waals surface area contributed by atoms with E-state index in [-0.39, 0.29) is 23.8 Å². The Bertz CT molecular complexity index is 429. The Morgan fingerprint density at radius 1 is 0.727 bits per heavy atom. The van der Waals surface area contributed by atoms with Gasteiger partial charge in [-0.05, 0) is 34.1 Å². The second kappa shape index (κ2) is 10.5. The predicted molar refractivity (Wildman–Crippen MR) is 77.3 cm³/mol. The van der Waals surface area contributed by atoms with E-state index >= 15 is 0 Å². The van der Waals surface area contributed by atoms with Gasteiger partial charge in [0.25, 0.3) is 0 Å². The molecule has 0 spiro atoms. The van der Waals surface area contributed by atoms with Crippen LogP contribution in [0.15, 0.2) is 0 Å². The SMILES string of the molecule is CC(=O)C(C(C)=O)C(C)=O.CCCC(=O)C(C(C)=O)C(=O)O. The Balaban J connectivity index is 0. The maximum atomic E-state index is 11.0. The van der Waals surface area contributed by atoms with E-state index in [4.69, 9.17) is 5.11 Å². The van der Waals surface area contributed by atoms with Gasteiger partial charge in [0.15, 0.2) is 17.5 Å². The van der Waals surface area contributed by atoms with Crippen molar-refractivity contribution >= 4 is 34.9 Å². The number of hydrogen-bond donors (Lipinski definition) is 1. The van der Waals surface area contributed by atoms with Crippen molar-refractivity contribution < 1.29 is 33.9 Å². The Hall–Kier alpha value is -2.18. The van der Waals surface area contributed by atoms with Crippen molar-refractivity contribution in [2.24, 2.45) is 11.8 Å². The minimum absolute atomic E-state index is 0.149. The Kier molecular flexibility index (Phi) is 10.6. The molecule has 0 amide bonds. The fourth-order valence-corrected chi connectivity index (χ4v) is 1.79. The largest absolute Gasteiger partial charge is 0.480 e. The highest BCUT2D eigenvalue weighted by molar-refractivity contribution is 6.17. The first-order valence-corrected chi connectivity index (χ1v) is 6.74. The molecule has 22 heavy (non-hydrogen) atoms. The van der Waals surface area contributed by atoms with Crippen LogP contribution in [0, 0.1) is 11.8 Å². The highest BCUT2D eigenvalue weighted by Crippen LogP contribution is 2.05. The van der Waals surface area contributed by atoms with Gasteiger partial charge in [-0.25, -0.2) is 0 Å². The fourth-order valence-electron chi connectivity index (χ4n) is 1.79. The van der Waals surface area contributed by atoms with Gasteiger partial charge in [0.1, 0.15) is 23.3 Å². The van der Waals surface area contributed by atoms with Crippen LogP contribution in [0.25, 0.3) is 0 Å². The molecule has 1 N–H and O–H groups in total. The first kappa shape index (κ1) is 22.1. The van der Waals surface area contributed by atoms with Gasteiger partial charge in [-0.2, -0.15) is 0 Å². The summed E-state index contributed by atoms with van der Waals surface area (Å²) in [4.78, 5) is 63.9. The number of carboxylic acid groups (broad SMARTS) is 1. The molecule has 0 heterocycles. The summed E-state index contributed by atoms with van der Waals surface area (Å²) in [6.07, 6.45) is 0.715. The Labute approximate surface area is 129 Å². The van der Waals surface area contributed by atoms with Crippen LogP contribution in [0.2, 0.25) is 0 Å². The molecule has 1 unspecified atom stereocenters. The molecule has 0 saturated heterocycles. The third-order valence-electron chi connectivity index (χ3n) is 2.69. The third kappa shape index (κ3) is 8.18. The van der Waals surface area contributed by atoms with Crippen molar-refractivity contribution in [3.8, 4) is 0 Å². The van der Waals surface area contributed by atoms with Crippen LogP contribution in [0.3, 0.4) is 0 Å². The van der Waals surface area contributed by atoms with E-state index < -0.39 is 29.4 Å². The number of ketones is 5. The Morgan fingerprint density at radius 2 is 1.05 bits per heavy atom. The molecule has 124 valence electrons. The smallest absolute Gasteiger partial charge is 0.321 e. The van der Waals surface area contributed by atoms with Crippen molar-refractivity contribution in [3.63, 3.8) is 0 Å². The van der Waals surface area contributed by atoms with E-state index in [1.54, 1.807) is 6.92 Å². The van der Waals surface area contributed by atoms with Crippen molar-refractivity contribution in [1.29, 1.82) is 0 Å². The minimum atomic E-state index is -1.45. The second-order valence-electron chi connectivity index (χ2n) is 4.86. The zero-order valence-electron chi connectivity index (χ0n) is 13.5. The summed E-state index contributed by atoms with van der Waals surface area (Å²) in [5, 5.41) is 8.50. The molecule has 0 aromatic carbocycles. The number of hydrogen-bond acceptors (Lipinski definition) is 6. The highest BCUT2D eigenvalue weighted by Gasteiger charge is 2.29. The van der Waals surface area contributed by atoms with E-state index in [2.05, 4.69) is 0 Å². The van der Waals surface area contributed by atoms with E-state index in [1.807, 2.05) is 0 Å². The molecular weight excluding hydrogens is 292 g/mol. The lowest BCUT2D eigenvalue weighted by Crippen LogP contribution is -2.29. The molecule has 0 aromatic heterocycles. The first-order valence-electron chi connectivity index (χ1n) is 6.74. The van der Waals surface area contributed by atoms with Crippen LogP contribution in [0.5, 0.6) is 0 Å². The molecule has 0 saturated carbocycles. The number of carbonyl (C=O) groups is 6. The molecule has 0 aliphatic rings. The molecule has 0 aromatic rings. The standard InChI is InChI=1S/C8H12O4.C7H10O3/c1-3-4-6(10)7(5(2)9)8(11)12;1-4(8)7(5(2)9)6(3)10/h7H,3-4H2,1-2H3,(H,11,12);7H,1-3H3. The van der Waals surface area contributed by atoms with Gasteiger partial charge in [0.05, 0.1) is 0 Å². The minimum Gasteiger partial charge on any atom is -0.480 e. The van der Waals surface area contributed by atoms with Crippen LogP contribution in [-0.2, 0) is 28.8 Å². The van der Waals surface area contributed by atoms with E-state index in [0.29, 0.717) is 6.42 Å². The second-order valence-corrected chi connectivity index (χ2v) is 4.86. The number of Topliss-reactive ketones (excluding diaryl/α,β-unsaturated/α-hetero) is 5. The number of rotatable bonds is 8. The monoisotopic (exact) mass is 314 g/mol.